The molecular formula is C24H45NO6P2. The molecule has 1 aromatic carbocycles. The molecule has 0 aliphatic carbocycles. The highest BCUT2D eigenvalue weighted by Crippen LogP contribution is 2.70. The molecule has 9 heteroatoms. The van der Waals surface area contributed by atoms with Crippen molar-refractivity contribution >= 4 is 20.9 Å². The van der Waals surface area contributed by atoms with Crippen LogP contribution < -0.4 is 5.32 Å². The fourth-order valence-corrected chi connectivity index (χ4v) is 7.93. The van der Waals surface area contributed by atoms with E-state index in [0.717, 1.165) is 56.9 Å². The zero-order chi connectivity index (χ0) is 24.6. The molecule has 0 saturated heterocycles. The first-order chi connectivity index (χ1) is 15.9. The molecule has 0 heterocycles. The first kappa shape index (κ1) is 30.4. The standard InChI is InChI=1S/C24H45NO6P2/c1-6-10-18-28-32(26,29-19-11-7-2)24(25-23-17-15-14-16-22(23)5)33(27,30-20-12-8-3)31-21-13-9-4/h14-17,24-25H,6-13,18-21H2,1-5H3. The van der Waals surface area contributed by atoms with Crippen molar-refractivity contribution in [2.24, 2.45) is 0 Å². The van der Waals surface area contributed by atoms with E-state index in [-0.39, 0.29) is 26.4 Å². The van der Waals surface area contributed by atoms with Crippen LogP contribution in [0.25, 0.3) is 0 Å². The second-order valence-corrected chi connectivity index (χ2v) is 12.8. The fourth-order valence-electron chi connectivity index (χ4n) is 2.91. The average Bonchev–Trinajstić information content (AvgIpc) is 2.79. The minimum absolute atomic E-state index is 0.246. The molecule has 1 aromatic rings. The summed E-state index contributed by atoms with van der Waals surface area (Å²) in [6, 6.07) is 7.57. The van der Waals surface area contributed by atoms with Crippen molar-refractivity contribution < 1.29 is 27.2 Å². The van der Waals surface area contributed by atoms with Gasteiger partial charge in [0, 0.05) is 5.69 Å². The lowest BCUT2D eigenvalue weighted by atomic mass is 10.2. The summed E-state index contributed by atoms with van der Waals surface area (Å²) in [6.07, 6.45) is 6.38. The molecule has 0 spiro atoms. The van der Waals surface area contributed by atoms with Crippen LogP contribution in [-0.4, -0.2) is 32.0 Å². The van der Waals surface area contributed by atoms with Gasteiger partial charge in [0.05, 0.1) is 26.4 Å². The summed E-state index contributed by atoms with van der Waals surface area (Å²) in [5, 5.41) is 3.21. The summed E-state index contributed by atoms with van der Waals surface area (Å²) >= 11 is 0. The molecule has 1 N–H and O–H groups in total. The number of anilines is 1. The number of hydrogen-bond donors (Lipinski definition) is 1. The van der Waals surface area contributed by atoms with Crippen molar-refractivity contribution in [2.75, 3.05) is 31.7 Å². The van der Waals surface area contributed by atoms with Crippen molar-refractivity contribution in [3.05, 3.63) is 29.8 Å². The van der Waals surface area contributed by atoms with Crippen LogP contribution in [0.4, 0.5) is 5.69 Å². The summed E-state index contributed by atoms with van der Waals surface area (Å²) < 4.78 is 52.1. The third kappa shape index (κ3) is 10.6. The van der Waals surface area contributed by atoms with Gasteiger partial charge in [0.15, 0.2) is 0 Å². The number of rotatable bonds is 20. The molecule has 0 aliphatic rings. The lowest BCUT2D eigenvalue weighted by molar-refractivity contribution is 0.179. The van der Waals surface area contributed by atoms with Crippen LogP contribution in [0.5, 0.6) is 0 Å². The molecule has 7 nitrogen and oxygen atoms in total. The quantitative estimate of drug-likeness (QED) is 0.141. The molecule has 1 rings (SSSR count). The molecule has 0 atom stereocenters. The maximum atomic E-state index is 14.3. The minimum Gasteiger partial charge on any atom is -0.361 e. The van der Waals surface area contributed by atoms with Crippen LogP contribution in [0, 0.1) is 6.92 Å². The summed E-state index contributed by atoms with van der Waals surface area (Å²) in [5.41, 5.74) is 0.359. The van der Waals surface area contributed by atoms with Gasteiger partial charge in [-0.1, -0.05) is 71.6 Å². The van der Waals surface area contributed by atoms with E-state index in [1.807, 2.05) is 58.9 Å². The predicted molar refractivity (Wildman–Crippen MR) is 137 cm³/mol. The Hall–Kier alpha value is -0.680. The van der Waals surface area contributed by atoms with Crippen molar-refractivity contribution in [1.82, 2.24) is 0 Å². The van der Waals surface area contributed by atoms with Gasteiger partial charge in [0.25, 0.3) is 0 Å². The fraction of sp³-hybridized carbons (Fsp3) is 0.750. The summed E-state index contributed by atoms with van der Waals surface area (Å²) in [4.78, 5) is 0. The van der Waals surface area contributed by atoms with Crippen LogP contribution >= 0.6 is 15.2 Å². The first-order valence-electron chi connectivity index (χ1n) is 12.5. The van der Waals surface area contributed by atoms with Crippen LogP contribution in [-0.2, 0) is 27.2 Å². The number of unbranched alkanes of at least 4 members (excludes halogenated alkanes) is 4. The number of aryl methyl sites for hydroxylation is 1. The van der Waals surface area contributed by atoms with Crippen molar-refractivity contribution in [1.29, 1.82) is 0 Å². The second kappa shape index (κ2) is 16.9. The molecular weight excluding hydrogens is 460 g/mol. The third-order valence-corrected chi connectivity index (χ3v) is 10.4. The van der Waals surface area contributed by atoms with E-state index < -0.39 is 20.7 Å². The second-order valence-electron chi connectivity index (χ2n) is 8.16. The van der Waals surface area contributed by atoms with E-state index in [2.05, 4.69) is 5.32 Å². The Balaban J connectivity index is 3.43. The minimum atomic E-state index is -3.92. The van der Waals surface area contributed by atoms with E-state index in [1.54, 1.807) is 0 Å². The lowest BCUT2D eigenvalue weighted by Crippen LogP contribution is -2.26. The Kier molecular flexibility index (Phi) is 15.5. The Morgan fingerprint density at radius 2 is 1.06 bits per heavy atom. The third-order valence-electron chi connectivity index (χ3n) is 5.11. The number of nitrogens with one attached hydrogen (secondary N) is 1. The van der Waals surface area contributed by atoms with Gasteiger partial charge in [-0.3, -0.25) is 9.13 Å². The Labute approximate surface area is 201 Å². The molecule has 0 unspecified atom stereocenters. The van der Waals surface area contributed by atoms with Gasteiger partial charge in [-0.25, -0.2) is 0 Å². The van der Waals surface area contributed by atoms with Gasteiger partial charge in [-0.15, -0.1) is 0 Å². The van der Waals surface area contributed by atoms with Crippen LogP contribution in [0.1, 0.15) is 84.6 Å². The van der Waals surface area contributed by atoms with Crippen LogP contribution in [0.2, 0.25) is 0 Å². The molecule has 0 aliphatic heterocycles. The molecule has 0 radical (unpaired) electrons. The van der Waals surface area contributed by atoms with E-state index in [1.165, 1.54) is 0 Å². The van der Waals surface area contributed by atoms with Gasteiger partial charge < -0.3 is 23.4 Å². The normalized spacial score (nSPS) is 12.4. The largest absolute Gasteiger partial charge is 0.365 e. The molecule has 0 bridgehead atoms. The zero-order valence-corrected chi connectivity index (χ0v) is 23.0. The maximum Gasteiger partial charge on any atom is 0.365 e. The number of para-hydroxylation sites is 1. The smallest absolute Gasteiger partial charge is 0.361 e. The zero-order valence-electron chi connectivity index (χ0n) is 21.2. The van der Waals surface area contributed by atoms with Gasteiger partial charge in [0.1, 0.15) is 0 Å². The Bertz CT molecular complexity index is 679. The van der Waals surface area contributed by atoms with Crippen molar-refractivity contribution in [3.63, 3.8) is 0 Å². The van der Waals surface area contributed by atoms with Crippen molar-refractivity contribution in [3.8, 4) is 0 Å². The lowest BCUT2D eigenvalue weighted by Gasteiger charge is -2.33. The highest BCUT2D eigenvalue weighted by Gasteiger charge is 2.51. The molecule has 0 aromatic heterocycles. The number of benzene rings is 1. The number of hydrogen-bond acceptors (Lipinski definition) is 7. The van der Waals surface area contributed by atoms with E-state index in [0.29, 0.717) is 5.69 Å². The topological polar surface area (TPSA) is 83.1 Å². The Morgan fingerprint density at radius 3 is 1.39 bits per heavy atom. The molecule has 0 fully saturated rings. The van der Waals surface area contributed by atoms with Crippen LogP contribution in [0.15, 0.2) is 24.3 Å². The predicted octanol–water partition coefficient (Wildman–Crippen LogP) is 8.34. The highest BCUT2D eigenvalue weighted by molar-refractivity contribution is 7.72. The highest BCUT2D eigenvalue weighted by atomic mass is 31.2. The SMILES string of the molecule is CCCCOP(=O)(OCCCC)C(Nc1ccccc1C)P(=O)(OCCCC)OCCCC. The van der Waals surface area contributed by atoms with Gasteiger partial charge in [-0.05, 0) is 44.2 Å². The van der Waals surface area contributed by atoms with Gasteiger partial charge in [-0.2, -0.15) is 0 Å². The van der Waals surface area contributed by atoms with E-state index in [9.17, 15) is 9.13 Å². The summed E-state index contributed by atoms with van der Waals surface area (Å²) in [7, 11) is -7.83. The maximum absolute atomic E-state index is 14.3. The van der Waals surface area contributed by atoms with Gasteiger partial charge in [0.2, 0.25) is 5.52 Å². The van der Waals surface area contributed by atoms with Crippen LogP contribution in [0.3, 0.4) is 0 Å². The molecule has 0 saturated carbocycles. The van der Waals surface area contributed by atoms with Gasteiger partial charge >= 0.3 is 15.2 Å². The summed E-state index contributed by atoms with van der Waals surface area (Å²) in [6.45, 7) is 11.0. The van der Waals surface area contributed by atoms with E-state index in [4.69, 9.17) is 18.1 Å². The molecule has 192 valence electrons. The summed E-state index contributed by atoms with van der Waals surface area (Å²) in [5.74, 6) is 0. The van der Waals surface area contributed by atoms with E-state index >= 15 is 0 Å². The average molecular weight is 506 g/mol. The Morgan fingerprint density at radius 1 is 0.697 bits per heavy atom. The monoisotopic (exact) mass is 505 g/mol. The first-order valence-corrected chi connectivity index (χ1v) is 15.7. The molecule has 0 amide bonds. The molecule has 33 heavy (non-hydrogen) atoms. The van der Waals surface area contributed by atoms with Crippen molar-refractivity contribution in [2.45, 2.75) is 91.5 Å².